The topological polar surface area (TPSA) is 46.5 Å². The third kappa shape index (κ3) is 1.22. The van der Waals surface area contributed by atoms with E-state index in [1.165, 1.54) is 0 Å². The summed E-state index contributed by atoms with van der Waals surface area (Å²) in [6.45, 7) is 0.161. The highest BCUT2D eigenvalue weighted by Gasteiger charge is 2.41. The van der Waals surface area contributed by atoms with Crippen LogP contribution in [0.3, 0.4) is 0 Å². The van der Waals surface area contributed by atoms with Crippen molar-refractivity contribution >= 4 is 5.97 Å². The molecule has 0 radical (unpaired) electrons. The van der Waals surface area contributed by atoms with E-state index < -0.39 is 0 Å². The van der Waals surface area contributed by atoms with Crippen molar-refractivity contribution in [3.05, 3.63) is 0 Å². The Kier molecular flexibility index (Phi) is 2.05. The number of fused-ring (bicyclic) bond motifs is 1. The third-order valence-corrected chi connectivity index (χ3v) is 3.06. The minimum atomic E-state index is -0.0865. The fourth-order valence-corrected chi connectivity index (χ4v) is 2.35. The number of carbonyl (C=O) groups is 1. The molecule has 1 saturated heterocycles. The minimum absolute atomic E-state index is 0.0243. The highest BCUT2D eigenvalue weighted by Crippen LogP contribution is 2.39. The van der Waals surface area contributed by atoms with Crippen LogP contribution in [0.1, 0.15) is 25.7 Å². The summed E-state index contributed by atoms with van der Waals surface area (Å²) >= 11 is 0. The van der Waals surface area contributed by atoms with Crippen molar-refractivity contribution in [2.24, 2.45) is 11.8 Å². The molecule has 0 bridgehead atoms. The van der Waals surface area contributed by atoms with Crippen LogP contribution in [0.5, 0.6) is 0 Å². The molecule has 0 aromatic heterocycles. The van der Waals surface area contributed by atoms with Gasteiger partial charge in [-0.1, -0.05) is 0 Å². The van der Waals surface area contributed by atoms with Gasteiger partial charge in [-0.3, -0.25) is 4.79 Å². The second kappa shape index (κ2) is 3.05. The Morgan fingerprint density at radius 2 is 2.25 bits per heavy atom. The molecule has 2 fully saturated rings. The van der Waals surface area contributed by atoms with Crippen LogP contribution in [-0.4, -0.2) is 23.8 Å². The van der Waals surface area contributed by atoms with Crippen LogP contribution in [0.25, 0.3) is 0 Å². The first kappa shape index (κ1) is 8.05. The van der Waals surface area contributed by atoms with Gasteiger partial charge in [-0.25, -0.2) is 0 Å². The normalized spacial score (nSPS) is 40.8. The molecule has 68 valence electrons. The van der Waals surface area contributed by atoms with Crippen molar-refractivity contribution in [2.45, 2.75) is 31.8 Å². The average Bonchev–Trinajstić information content (AvgIpc) is 2.46. The number of hydrogen-bond donors (Lipinski definition) is 1. The van der Waals surface area contributed by atoms with Gasteiger partial charge in [0.15, 0.2) is 0 Å². The van der Waals surface area contributed by atoms with Crippen LogP contribution in [0.2, 0.25) is 0 Å². The van der Waals surface area contributed by atoms with Gasteiger partial charge in [-0.05, 0) is 25.2 Å². The summed E-state index contributed by atoms with van der Waals surface area (Å²) < 4.78 is 5.21. The Balaban J connectivity index is 2.04. The molecule has 1 heterocycles. The van der Waals surface area contributed by atoms with E-state index in [-0.39, 0.29) is 24.6 Å². The summed E-state index contributed by atoms with van der Waals surface area (Å²) in [5, 5.41) is 9.00. The van der Waals surface area contributed by atoms with Crippen LogP contribution >= 0.6 is 0 Å². The largest absolute Gasteiger partial charge is 0.462 e. The van der Waals surface area contributed by atoms with Crippen LogP contribution < -0.4 is 0 Å². The predicted molar refractivity (Wildman–Crippen MR) is 42.4 cm³/mol. The van der Waals surface area contributed by atoms with Crippen molar-refractivity contribution < 1.29 is 14.6 Å². The quantitative estimate of drug-likeness (QED) is 0.589. The molecule has 3 atom stereocenters. The highest BCUT2D eigenvalue weighted by molar-refractivity contribution is 5.70. The summed E-state index contributed by atoms with van der Waals surface area (Å²) in [4.78, 5) is 11.0. The fourth-order valence-electron chi connectivity index (χ4n) is 2.35. The van der Waals surface area contributed by atoms with Gasteiger partial charge in [-0.15, -0.1) is 0 Å². The van der Waals surface area contributed by atoms with E-state index in [1.807, 2.05) is 0 Å². The van der Waals surface area contributed by atoms with Gasteiger partial charge in [0.25, 0.3) is 0 Å². The summed E-state index contributed by atoms with van der Waals surface area (Å²) in [6.07, 6.45) is 3.68. The van der Waals surface area contributed by atoms with E-state index in [1.54, 1.807) is 0 Å². The van der Waals surface area contributed by atoms with Crippen LogP contribution in [0.15, 0.2) is 0 Å². The second-order valence-corrected chi connectivity index (χ2v) is 3.77. The molecule has 0 amide bonds. The molecule has 0 spiro atoms. The van der Waals surface area contributed by atoms with Gasteiger partial charge in [0.05, 0.1) is 0 Å². The van der Waals surface area contributed by atoms with Crippen LogP contribution in [0.4, 0.5) is 0 Å². The molecule has 1 aliphatic heterocycles. The Labute approximate surface area is 71.7 Å². The van der Waals surface area contributed by atoms with E-state index in [4.69, 9.17) is 9.84 Å². The average molecular weight is 170 g/mol. The van der Waals surface area contributed by atoms with E-state index >= 15 is 0 Å². The van der Waals surface area contributed by atoms with Crippen molar-refractivity contribution in [1.29, 1.82) is 0 Å². The molecule has 3 heteroatoms. The van der Waals surface area contributed by atoms with Crippen molar-refractivity contribution in [1.82, 2.24) is 0 Å². The maximum Gasteiger partial charge on any atom is 0.306 e. The Morgan fingerprint density at radius 3 is 3.00 bits per heavy atom. The number of hydrogen-bond acceptors (Lipinski definition) is 3. The minimum Gasteiger partial charge on any atom is -0.462 e. The lowest BCUT2D eigenvalue weighted by Gasteiger charge is -2.28. The lowest BCUT2D eigenvalue weighted by molar-refractivity contribution is -0.160. The van der Waals surface area contributed by atoms with Crippen molar-refractivity contribution in [2.75, 3.05) is 6.61 Å². The van der Waals surface area contributed by atoms with Gasteiger partial charge in [0.2, 0.25) is 0 Å². The van der Waals surface area contributed by atoms with Crippen LogP contribution in [0, 0.1) is 11.8 Å². The van der Waals surface area contributed by atoms with Gasteiger partial charge in [-0.2, -0.15) is 0 Å². The number of carbonyl (C=O) groups excluding carboxylic acids is 1. The zero-order valence-corrected chi connectivity index (χ0v) is 7.03. The number of aliphatic hydroxyl groups excluding tert-OH is 1. The molecule has 2 rings (SSSR count). The zero-order valence-electron chi connectivity index (χ0n) is 7.03. The molecular formula is C9H14O3. The Bertz CT molecular complexity index is 184. The Morgan fingerprint density at radius 1 is 1.42 bits per heavy atom. The summed E-state index contributed by atoms with van der Waals surface area (Å²) in [6, 6.07) is 0. The zero-order chi connectivity index (χ0) is 8.55. The fraction of sp³-hybridized carbons (Fsp3) is 0.889. The Hall–Kier alpha value is -0.570. The molecule has 1 N–H and O–H groups in total. The van der Waals surface area contributed by atoms with E-state index in [2.05, 4.69) is 0 Å². The first-order valence-electron chi connectivity index (χ1n) is 4.61. The molecule has 1 saturated carbocycles. The number of esters is 1. The predicted octanol–water partition coefficient (Wildman–Crippen LogP) is 0.710. The van der Waals surface area contributed by atoms with Crippen LogP contribution in [-0.2, 0) is 9.53 Å². The first-order chi connectivity index (χ1) is 5.81. The molecule has 1 aliphatic carbocycles. The molecule has 0 unspecified atom stereocenters. The summed E-state index contributed by atoms with van der Waals surface area (Å²) in [5.41, 5.74) is 0. The van der Waals surface area contributed by atoms with E-state index in [0.29, 0.717) is 12.3 Å². The summed E-state index contributed by atoms with van der Waals surface area (Å²) in [5.74, 6) is 0.649. The smallest absolute Gasteiger partial charge is 0.306 e. The second-order valence-electron chi connectivity index (χ2n) is 3.77. The SMILES string of the molecule is O=C1CC[C@@H]2CC[C@@H](CO)[C@@H]2O1. The first-order valence-corrected chi connectivity index (χ1v) is 4.61. The molecule has 0 aromatic carbocycles. The lowest BCUT2D eigenvalue weighted by Crippen LogP contribution is -2.34. The maximum absolute atomic E-state index is 11.0. The molecule has 2 aliphatic rings. The van der Waals surface area contributed by atoms with Gasteiger partial charge >= 0.3 is 5.97 Å². The van der Waals surface area contributed by atoms with Crippen molar-refractivity contribution in [3.8, 4) is 0 Å². The number of ether oxygens (including phenoxy) is 1. The molecule has 3 nitrogen and oxygen atoms in total. The monoisotopic (exact) mass is 170 g/mol. The maximum atomic E-state index is 11.0. The highest BCUT2D eigenvalue weighted by atomic mass is 16.5. The third-order valence-electron chi connectivity index (χ3n) is 3.06. The van der Waals surface area contributed by atoms with Gasteiger partial charge in [0, 0.05) is 18.9 Å². The molecule has 0 aromatic rings. The van der Waals surface area contributed by atoms with E-state index in [9.17, 15) is 4.79 Å². The number of aliphatic hydroxyl groups is 1. The standard InChI is InChI=1S/C9H14O3/c10-5-7-2-1-6-3-4-8(11)12-9(6)7/h6-7,9-10H,1-5H2/t6-,7-,9+/m0/s1. The van der Waals surface area contributed by atoms with Crippen molar-refractivity contribution in [3.63, 3.8) is 0 Å². The van der Waals surface area contributed by atoms with E-state index in [0.717, 1.165) is 19.3 Å². The molecule has 12 heavy (non-hydrogen) atoms. The number of rotatable bonds is 1. The van der Waals surface area contributed by atoms with Gasteiger partial charge in [0.1, 0.15) is 6.10 Å². The van der Waals surface area contributed by atoms with Gasteiger partial charge < -0.3 is 9.84 Å². The lowest BCUT2D eigenvalue weighted by atomic mass is 9.94. The molecular weight excluding hydrogens is 156 g/mol. The summed E-state index contributed by atoms with van der Waals surface area (Å²) in [7, 11) is 0.